The van der Waals surface area contributed by atoms with Crippen LogP contribution in [0.3, 0.4) is 0 Å². The molecule has 0 bridgehead atoms. The van der Waals surface area contributed by atoms with E-state index >= 15 is 0 Å². The highest BCUT2D eigenvalue weighted by Gasteiger charge is 2.35. The Hall–Kier alpha value is -2.45. The lowest BCUT2D eigenvalue weighted by molar-refractivity contribution is -0.144. The van der Waals surface area contributed by atoms with Gasteiger partial charge in [0.2, 0.25) is 5.95 Å². The molecule has 2 aromatic heterocycles. The number of aryl methyl sites for hydroxylation is 2. The molecular weight excluding hydrogens is 335 g/mol. The fourth-order valence-corrected chi connectivity index (χ4v) is 2.44. The van der Waals surface area contributed by atoms with Crippen LogP contribution in [-0.2, 0) is 12.7 Å². The van der Waals surface area contributed by atoms with E-state index in [2.05, 4.69) is 20.4 Å². The molecule has 0 aliphatic heterocycles. The molecule has 2 aromatic rings. The van der Waals surface area contributed by atoms with Crippen LogP contribution in [0.5, 0.6) is 0 Å². The van der Waals surface area contributed by atoms with Crippen LogP contribution in [0.15, 0.2) is 12.3 Å². The maximum Gasteiger partial charge on any atom is 0.433 e. The third-order valence-corrected chi connectivity index (χ3v) is 3.64. The summed E-state index contributed by atoms with van der Waals surface area (Å²) >= 11 is 0. The number of hydrogen-bond donors (Lipinski definition) is 1. The Labute approximate surface area is 143 Å². The number of nitrogens with zero attached hydrogens (tertiary/aromatic N) is 4. The molecule has 0 aliphatic carbocycles. The highest BCUT2D eigenvalue weighted by Crippen LogP contribution is 2.30. The van der Waals surface area contributed by atoms with Crippen LogP contribution in [-0.4, -0.2) is 32.1 Å². The van der Waals surface area contributed by atoms with Crippen molar-refractivity contribution in [1.82, 2.24) is 19.7 Å². The van der Waals surface area contributed by atoms with Gasteiger partial charge >= 0.3 is 6.18 Å². The number of Topliss-reactive ketones (excluding diaryl/α,β-unsaturated/α-hetero) is 1. The minimum atomic E-state index is -4.43. The summed E-state index contributed by atoms with van der Waals surface area (Å²) in [6.07, 6.45) is -2.99. The van der Waals surface area contributed by atoms with E-state index in [-0.39, 0.29) is 18.2 Å². The van der Waals surface area contributed by atoms with Gasteiger partial charge in [-0.15, -0.1) is 0 Å². The van der Waals surface area contributed by atoms with Gasteiger partial charge in [0.1, 0.15) is 5.69 Å². The molecule has 0 saturated heterocycles. The Morgan fingerprint density at radius 1 is 1.36 bits per heavy atom. The number of nitrogens with one attached hydrogen (secondary N) is 1. The van der Waals surface area contributed by atoms with Gasteiger partial charge in [0, 0.05) is 19.3 Å². The molecule has 0 amide bonds. The average molecular weight is 355 g/mol. The lowest BCUT2D eigenvalue weighted by atomic mass is 10.1. The van der Waals surface area contributed by atoms with Crippen LogP contribution in [0.4, 0.5) is 19.1 Å². The van der Waals surface area contributed by atoms with E-state index in [1.807, 2.05) is 0 Å². The molecule has 0 unspecified atom stereocenters. The third-order valence-electron chi connectivity index (χ3n) is 3.64. The summed E-state index contributed by atoms with van der Waals surface area (Å²) in [5.41, 5.74) is 0.571. The van der Waals surface area contributed by atoms with Crippen molar-refractivity contribution in [3.63, 3.8) is 0 Å². The van der Waals surface area contributed by atoms with Gasteiger partial charge in [-0.1, -0.05) is 6.92 Å². The zero-order valence-corrected chi connectivity index (χ0v) is 14.5. The molecule has 6 nitrogen and oxygen atoms in total. The van der Waals surface area contributed by atoms with E-state index in [0.29, 0.717) is 29.4 Å². The van der Waals surface area contributed by atoms with Crippen LogP contribution in [0.2, 0.25) is 0 Å². The number of carbonyl (C=O) groups excluding carboxylic acids is 1. The Morgan fingerprint density at radius 2 is 2.04 bits per heavy atom. The van der Waals surface area contributed by atoms with Crippen molar-refractivity contribution < 1.29 is 18.0 Å². The number of rotatable bonds is 6. The number of alkyl halides is 3. The monoisotopic (exact) mass is 355 g/mol. The van der Waals surface area contributed by atoms with Crippen molar-refractivity contribution >= 4 is 11.7 Å². The fourth-order valence-electron chi connectivity index (χ4n) is 2.44. The quantitative estimate of drug-likeness (QED) is 0.805. The molecule has 2 rings (SSSR count). The van der Waals surface area contributed by atoms with E-state index in [4.69, 9.17) is 0 Å². The lowest BCUT2D eigenvalue weighted by Gasteiger charge is -2.16. The standard InChI is InChI=1S/C16H20F3N5O/c1-9(8-24-14(16(17,18)19)5-10(2)23-24)6-20-15-21-7-13(12(4)25)11(3)22-15/h5,7,9H,6,8H2,1-4H3,(H,20,21,22)/t9-/m0/s1. The normalized spacial score (nSPS) is 12.9. The van der Waals surface area contributed by atoms with Crippen LogP contribution in [0.25, 0.3) is 0 Å². The summed E-state index contributed by atoms with van der Waals surface area (Å²) in [6.45, 7) is 6.96. The van der Waals surface area contributed by atoms with Gasteiger partial charge < -0.3 is 5.32 Å². The molecular formula is C16H20F3N5O. The molecule has 0 radical (unpaired) electrons. The van der Waals surface area contributed by atoms with Crippen molar-refractivity contribution in [2.24, 2.45) is 5.92 Å². The van der Waals surface area contributed by atoms with E-state index in [0.717, 1.165) is 10.7 Å². The zero-order chi connectivity index (χ0) is 18.8. The second kappa shape index (κ2) is 7.20. The van der Waals surface area contributed by atoms with Crippen LogP contribution >= 0.6 is 0 Å². The first kappa shape index (κ1) is 18.9. The van der Waals surface area contributed by atoms with Crippen molar-refractivity contribution in [3.05, 3.63) is 34.9 Å². The summed E-state index contributed by atoms with van der Waals surface area (Å²) in [7, 11) is 0. The SMILES string of the molecule is CC(=O)c1cnc(NC[C@H](C)Cn2nc(C)cc2C(F)(F)F)nc1C. The van der Waals surface area contributed by atoms with E-state index in [1.54, 1.807) is 13.8 Å². The second-order valence-electron chi connectivity index (χ2n) is 6.09. The molecule has 9 heteroatoms. The van der Waals surface area contributed by atoms with E-state index < -0.39 is 11.9 Å². The van der Waals surface area contributed by atoms with Gasteiger partial charge in [0.25, 0.3) is 0 Å². The molecule has 0 spiro atoms. The molecule has 25 heavy (non-hydrogen) atoms. The second-order valence-corrected chi connectivity index (χ2v) is 6.09. The summed E-state index contributed by atoms with van der Waals surface area (Å²) in [4.78, 5) is 19.6. The maximum atomic E-state index is 13.0. The number of ketones is 1. The van der Waals surface area contributed by atoms with Crippen LogP contribution < -0.4 is 5.32 Å². The first-order valence-electron chi connectivity index (χ1n) is 7.78. The molecule has 2 heterocycles. The Balaban J connectivity index is 2.01. The average Bonchev–Trinajstić information content (AvgIpc) is 2.85. The van der Waals surface area contributed by atoms with Crippen molar-refractivity contribution in [2.75, 3.05) is 11.9 Å². The highest BCUT2D eigenvalue weighted by atomic mass is 19.4. The van der Waals surface area contributed by atoms with Crippen molar-refractivity contribution in [2.45, 2.75) is 40.4 Å². The largest absolute Gasteiger partial charge is 0.433 e. The smallest absolute Gasteiger partial charge is 0.354 e. The van der Waals surface area contributed by atoms with Gasteiger partial charge in [-0.05, 0) is 32.8 Å². The van der Waals surface area contributed by atoms with Crippen LogP contribution in [0.1, 0.15) is 41.3 Å². The maximum absolute atomic E-state index is 13.0. The molecule has 1 atom stereocenters. The number of anilines is 1. The Bertz CT molecular complexity index is 770. The van der Waals surface area contributed by atoms with Crippen molar-refractivity contribution in [3.8, 4) is 0 Å². The Morgan fingerprint density at radius 3 is 2.60 bits per heavy atom. The van der Waals surface area contributed by atoms with Gasteiger partial charge in [-0.2, -0.15) is 18.3 Å². The molecule has 0 fully saturated rings. The van der Waals surface area contributed by atoms with Crippen molar-refractivity contribution in [1.29, 1.82) is 0 Å². The summed E-state index contributed by atoms with van der Waals surface area (Å²) in [5.74, 6) is 0.0741. The molecule has 0 aromatic carbocycles. The number of halogens is 3. The predicted octanol–water partition coefficient (Wildman–Crippen LogP) is 3.26. The Kier molecular flexibility index (Phi) is 5.44. The summed E-state index contributed by atoms with van der Waals surface area (Å²) in [5, 5.41) is 6.90. The number of hydrogen-bond acceptors (Lipinski definition) is 5. The molecule has 1 N–H and O–H groups in total. The third kappa shape index (κ3) is 4.77. The van der Waals surface area contributed by atoms with E-state index in [1.165, 1.54) is 20.0 Å². The summed E-state index contributed by atoms with van der Waals surface area (Å²) in [6, 6.07) is 1.03. The van der Waals surface area contributed by atoms with Gasteiger partial charge in [0.05, 0.1) is 17.0 Å². The fraction of sp³-hybridized carbons (Fsp3) is 0.500. The topological polar surface area (TPSA) is 72.7 Å². The zero-order valence-electron chi connectivity index (χ0n) is 14.5. The molecule has 0 saturated carbocycles. The van der Waals surface area contributed by atoms with Gasteiger partial charge in [0.15, 0.2) is 5.78 Å². The minimum Gasteiger partial charge on any atom is -0.354 e. The predicted molar refractivity (Wildman–Crippen MR) is 86.4 cm³/mol. The highest BCUT2D eigenvalue weighted by molar-refractivity contribution is 5.94. The molecule has 0 aliphatic rings. The lowest BCUT2D eigenvalue weighted by Crippen LogP contribution is -2.22. The summed E-state index contributed by atoms with van der Waals surface area (Å²) < 4.78 is 39.9. The first-order chi connectivity index (χ1) is 11.6. The van der Waals surface area contributed by atoms with Crippen LogP contribution in [0, 0.1) is 19.8 Å². The van der Waals surface area contributed by atoms with E-state index in [9.17, 15) is 18.0 Å². The number of aromatic nitrogens is 4. The number of carbonyl (C=O) groups is 1. The van der Waals surface area contributed by atoms with Gasteiger partial charge in [-0.25, -0.2) is 9.97 Å². The molecule has 136 valence electrons. The minimum absolute atomic E-state index is 0.111. The first-order valence-corrected chi connectivity index (χ1v) is 7.78. The van der Waals surface area contributed by atoms with Gasteiger partial charge in [-0.3, -0.25) is 9.48 Å².